The summed E-state index contributed by atoms with van der Waals surface area (Å²) in [6, 6.07) is 4.02. The lowest BCUT2D eigenvalue weighted by molar-refractivity contribution is 0.625. The predicted molar refractivity (Wildman–Crippen MR) is 82.1 cm³/mol. The van der Waals surface area contributed by atoms with Crippen LogP contribution in [-0.2, 0) is 13.0 Å². The number of aromatic amines is 1. The SMILES string of the molecule is CCc1cn(Cc2ccc(F)cc2C(N)=S)c(=O)[nH]c1=O. The number of nitrogens with two attached hydrogens (primary N) is 1. The number of benzene rings is 1. The van der Waals surface area contributed by atoms with Crippen LogP contribution in [-0.4, -0.2) is 14.5 Å². The first-order chi connectivity index (χ1) is 9.92. The van der Waals surface area contributed by atoms with Gasteiger partial charge in [0, 0.05) is 17.3 Å². The minimum absolute atomic E-state index is 0.0534. The summed E-state index contributed by atoms with van der Waals surface area (Å²) >= 11 is 4.89. The largest absolute Gasteiger partial charge is 0.389 e. The third-order valence-electron chi connectivity index (χ3n) is 3.14. The first kappa shape index (κ1) is 15.1. The van der Waals surface area contributed by atoms with Gasteiger partial charge in [-0.3, -0.25) is 14.3 Å². The molecule has 110 valence electrons. The van der Waals surface area contributed by atoms with Crippen molar-refractivity contribution < 1.29 is 4.39 Å². The molecule has 0 saturated carbocycles. The first-order valence-electron chi connectivity index (χ1n) is 6.33. The maximum atomic E-state index is 13.3. The smallest absolute Gasteiger partial charge is 0.328 e. The summed E-state index contributed by atoms with van der Waals surface area (Å²) in [5, 5.41) is 0. The van der Waals surface area contributed by atoms with Gasteiger partial charge in [0.25, 0.3) is 5.56 Å². The summed E-state index contributed by atoms with van der Waals surface area (Å²) in [6.07, 6.45) is 2.00. The van der Waals surface area contributed by atoms with Crippen molar-refractivity contribution in [1.29, 1.82) is 0 Å². The molecular weight excluding hydrogens is 293 g/mol. The standard InChI is InChI=1S/C14H14FN3O2S/c1-2-8-6-18(14(20)17-13(8)19)7-9-3-4-10(15)5-11(9)12(16)21/h3-6H,2,7H2,1H3,(H2,16,21)(H,17,19,20). The first-order valence-corrected chi connectivity index (χ1v) is 6.74. The van der Waals surface area contributed by atoms with Crippen molar-refractivity contribution in [2.75, 3.05) is 0 Å². The third-order valence-corrected chi connectivity index (χ3v) is 3.36. The zero-order valence-corrected chi connectivity index (χ0v) is 12.2. The lowest BCUT2D eigenvalue weighted by Gasteiger charge is -2.11. The average Bonchev–Trinajstić information content (AvgIpc) is 2.43. The minimum Gasteiger partial charge on any atom is -0.389 e. The van der Waals surface area contributed by atoms with E-state index in [1.165, 1.54) is 29.0 Å². The van der Waals surface area contributed by atoms with Crippen molar-refractivity contribution in [3.63, 3.8) is 0 Å². The molecule has 0 amide bonds. The van der Waals surface area contributed by atoms with Gasteiger partial charge in [-0.2, -0.15) is 0 Å². The van der Waals surface area contributed by atoms with Crippen LogP contribution in [0.4, 0.5) is 4.39 Å². The molecule has 0 spiro atoms. The summed E-state index contributed by atoms with van der Waals surface area (Å²) in [7, 11) is 0. The molecule has 1 heterocycles. The van der Waals surface area contributed by atoms with Crippen molar-refractivity contribution in [1.82, 2.24) is 9.55 Å². The fourth-order valence-electron chi connectivity index (χ4n) is 2.02. The van der Waals surface area contributed by atoms with Crippen LogP contribution in [0.25, 0.3) is 0 Å². The molecule has 21 heavy (non-hydrogen) atoms. The number of aromatic nitrogens is 2. The topological polar surface area (TPSA) is 80.9 Å². The number of hydrogen-bond donors (Lipinski definition) is 2. The second-order valence-corrected chi connectivity index (χ2v) is 5.00. The molecular formula is C14H14FN3O2S. The molecule has 1 aromatic carbocycles. The molecule has 0 saturated heterocycles. The number of rotatable bonds is 4. The van der Waals surface area contributed by atoms with Gasteiger partial charge in [0.2, 0.25) is 0 Å². The molecule has 2 aromatic rings. The molecule has 0 bridgehead atoms. The lowest BCUT2D eigenvalue weighted by atomic mass is 10.1. The summed E-state index contributed by atoms with van der Waals surface area (Å²) in [5.74, 6) is -0.454. The monoisotopic (exact) mass is 307 g/mol. The van der Waals surface area contributed by atoms with Crippen LogP contribution in [0.5, 0.6) is 0 Å². The summed E-state index contributed by atoms with van der Waals surface area (Å²) in [4.78, 5) is 25.7. The molecule has 0 aliphatic heterocycles. The summed E-state index contributed by atoms with van der Waals surface area (Å²) in [6.45, 7) is 1.97. The van der Waals surface area contributed by atoms with Crippen LogP contribution >= 0.6 is 12.2 Å². The number of nitrogens with one attached hydrogen (secondary N) is 1. The van der Waals surface area contributed by atoms with E-state index in [0.717, 1.165) is 0 Å². The normalized spacial score (nSPS) is 10.6. The fraction of sp³-hybridized carbons (Fsp3) is 0.214. The van der Waals surface area contributed by atoms with Gasteiger partial charge in [-0.05, 0) is 24.1 Å². The Hall–Kier alpha value is -2.28. The molecule has 0 unspecified atom stereocenters. The zero-order valence-electron chi connectivity index (χ0n) is 11.4. The Balaban J connectivity index is 2.50. The molecule has 1 aromatic heterocycles. The van der Waals surface area contributed by atoms with Crippen LogP contribution in [0, 0.1) is 5.82 Å². The second kappa shape index (κ2) is 6.01. The lowest BCUT2D eigenvalue weighted by Crippen LogP contribution is -2.32. The summed E-state index contributed by atoms with van der Waals surface area (Å²) in [5.41, 5.74) is 6.13. The highest BCUT2D eigenvalue weighted by molar-refractivity contribution is 7.80. The van der Waals surface area contributed by atoms with Gasteiger partial charge in [0.1, 0.15) is 10.8 Å². The molecule has 0 fully saturated rings. The van der Waals surface area contributed by atoms with Gasteiger partial charge in [-0.15, -0.1) is 0 Å². The van der Waals surface area contributed by atoms with E-state index in [9.17, 15) is 14.0 Å². The van der Waals surface area contributed by atoms with Gasteiger partial charge in [0.15, 0.2) is 0 Å². The molecule has 0 aliphatic carbocycles. The number of hydrogen-bond acceptors (Lipinski definition) is 3. The van der Waals surface area contributed by atoms with E-state index in [1.807, 2.05) is 6.92 Å². The van der Waals surface area contributed by atoms with Crippen molar-refractivity contribution in [2.24, 2.45) is 5.73 Å². The molecule has 0 aliphatic rings. The number of nitrogens with zero attached hydrogens (tertiary/aromatic N) is 1. The molecule has 0 radical (unpaired) electrons. The van der Waals surface area contributed by atoms with Gasteiger partial charge in [-0.25, -0.2) is 9.18 Å². The van der Waals surface area contributed by atoms with Gasteiger partial charge >= 0.3 is 5.69 Å². The second-order valence-electron chi connectivity index (χ2n) is 4.56. The third kappa shape index (κ3) is 3.25. The Labute approximate surface area is 125 Å². The Bertz CT molecular complexity index is 811. The highest BCUT2D eigenvalue weighted by Crippen LogP contribution is 2.12. The number of halogens is 1. The van der Waals surface area contributed by atoms with Crippen molar-refractivity contribution in [3.05, 3.63) is 67.7 Å². The molecule has 0 atom stereocenters. The van der Waals surface area contributed by atoms with Crippen LogP contribution in [0.2, 0.25) is 0 Å². The van der Waals surface area contributed by atoms with Crippen LogP contribution < -0.4 is 17.0 Å². The Morgan fingerprint density at radius 3 is 2.71 bits per heavy atom. The van der Waals surface area contributed by atoms with E-state index in [0.29, 0.717) is 23.1 Å². The van der Waals surface area contributed by atoms with Crippen LogP contribution in [0.1, 0.15) is 23.6 Å². The van der Waals surface area contributed by atoms with E-state index in [-0.39, 0.29) is 11.5 Å². The Morgan fingerprint density at radius 1 is 1.38 bits per heavy atom. The predicted octanol–water partition coefficient (Wildman–Crippen LogP) is 0.921. The van der Waals surface area contributed by atoms with E-state index in [4.69, 9.17) is 18.0 Å². The molecule has 5 nitrogen and oxygen atoms in total. The highest BCUT2D eigenvalue weighted by atomic mass is 32.1. The fourth-order valence-corrected chi connectivity index (χ4v) is 2.21. The molecule has 7 heteroatoms. The Morgan fingerprint density at radius 2 is 2.10 bits per heavy atom. The minimum atomic E-state index is -0.532. The van der Waals surface area contributed by atoms with Crippen molar-refractivity contribution >= 4 is 17.2 Å². The van der Waals surface area contributed by atoms with Crippen molar-refractivity contribution in [2.45, 2.75) is 19.9 Å². The van der Waals surface area contributed by atoms with Gasteiger partial charge in [-0.1, -0.05) is 25.2 Å². The van der Waals surface area contributed by atoms with Gasteiger partial charge in [0.05, 0.1) is 6.54 Å². The van der Waals surface area contributed by atoms with Gasteiger partial charge < -0.3 is 5.73 Å². The summed E-state index contributed by atoms with van der Waals surface area (Å²) < 4.78 is 14.6. The van der Waals surface area contributed by atoms with E-state index >= 15 is 0 Å². The number of thiocarbonyl (C=S) groups is 1. The number of aryl methyl sites for hydroxylation is 1. The number of H-pyrrole nitrogens is 1. The van der Waals surface area contributed by atoms with Crippen molar-refractivity contribution in [3.8, 4) is 0 Å². The van der Waals surface area contributed by atoms with Crippen LogP contribution in [0.3, 0.4) is 0 Å². The maximum absolute atomic E-state index is 13.3. The van der Waals surface area contributed by atoms with E-state index < -0.39 is 17.1 Å². The quantitative estimate of drug-likeness (QED) is 0.823. The highest BCUT2D eigenvalue weighted by Gasteiger charge is 2.10. The zero-order chi connectivity index (χ0) is 15.6. The molecule has 3 N–H and O–H groups in total. The van der Waals surface area contributed by atoms with E-state index in [2.05, 4.69) is 4.98 Å². The average molecular weight is 307 g/mol. The van der Waals surface area contributed by atoms with E-state index in [1.54, 1.807) is 0 Å². The molecule has 2 rings (SSSR count). The van der Waals surface area contributed by atoms with Crippen LogP contribution in [0.15, 0.2) is 34.0 Å². The Kier molecular flexibility index (Phi) is 4.32. The maximum Gasteiger partial charge on any atom is 0.328 e.